The molecule has 0 fully saturated rings. The number of benzene rings is 2. The largest absolute Gasteiger partial charge is 0.507 e. The van der Waals surface area contributed by atoms with Crippen LogP contribution in [0.1, 0.15) is 15.9 Å². The van der Waals surface area contributed by atoms with Crippen molar-refractivity contribution in [1.82, 2.24) is 0 Å². The smallest absolute Gasteiger partial charge is 0.342 e. The third-order valence-electron chi connectivity index (χ3n) is 2.66. The summed E-state index contributed by atoms with van der Waals surface area (Å²) in [7, 11) is 0. The van der Waals surface area contributed by atoms with E-state index in [0.717, 1.165) is 5.56 Å². The summed E-state index contributed by atoms with van der Waals surface area (Å²) >= 11 is 0. The fraction of sp³-hybridized carbons (Fsp3) is 0.0667. The number of ether oxygens (including phenoxy) is 1. The van der Waals surface area contributed by atoms with Crippen LogP contribution in [-0.4, -0.2) is 17.5 Å². The van der Waals surface area contributed by atoms with Crippen LogP contribution in [0.4, 0.5) is 5.69 Å². The molecule has 0 aliphatic carbocycles. The number of anilines is 1. The number of carbonyl (C=O) groups is 2. The van der Waals surface area contributed by atoms with Gasteiger partial charge in [0.25, 0.3) is 0 Å². The molecule has 2 aromatic rings. The lowest BCUT2D eigenvalue weighted by Crippen LogP contribution is -2.06. The van der Waals surface area contributed by atoms with E-state index in [9.17, 15) is 14.7 Å². The number of nitrogens with one attached hydrogen (secondary N) is 1. The van der Waals surface area contributed by atoms with Crippen LogP contribution >= 0.6 is 0 Å². The first-order chi connectivity index (χ1) is 9.70. The number of amides is 1. The van der Waals surface area contributed by atoms with Crippen molar-refractivity contribution in [3.05, 3.63) is 59.7 Å². The molecule has 5 nitrogen and oxygen atoms in total. The van der Waals surface area contributed by atoms with Crippen molar-refractivity contribution in [2.75, 3.05) is 5.32 Å². The maximum Gasteiger partial charge on any atom is 0.342 e. The maximum absolute atomic E-state index is 11.8. The highest BCUT2D eigenvalue weighted by Crippen LogP contribution is 2.22. The molecule has 0 aliphatic heterocycles. The van der Waals surface area contributed by atoms with Crippen LogP contribution in [0.3, 0.4) is 0 Å². The summed E-state index contributed by atoms with van der Waals surface area (Å²) in [6.07, 6.45) is 0.488. The van der Waals surface area contributed by atoms with E-state index in [1.165, 1.54) is 18.2 Å². The van der Waals surface area contributed by atoms with Gasteiger partial charge in [0, 0.05) is 11.8 Å². The molecule has 2 N–H and O–H groups in total. The Morgan fingerprint density at radius 1 is 1.20 bits per heavy atom. The van der Waals surface area contributed by atoms with Gasteiger partial charge in [0.15, 0.2) is 0 Å². The Bertz CT molecular complexity index is 611. The summed E-state index contributed by atoms with van der Waals surface area (Å²) < 4.78 is 5.11. The Morgan fingerprint density at radius 3 is 2.60 bits per heavy atom. The first-order valence-corrected chi connectivity index (χ1v) is 5.95. The minimum Gasteiger partial charge on any atom is -0.507 e. The van der Waals surface area contributed by atoms with Gasteiger partial charge >= 0.3 is 5.97 Å². The van der Waals surface area contributed by atoms with Crippen molar-refractivity contribution in [3.63, 3.8) is 0 Å². The number of hydrogen-bond acceptors (Lipinski definition) is 4. The van der Waals surface area contributed by atoms with Gasteiger partial charge in [-0.3, -0.25) is 4.79 Å². The predicted molar refractivity (Wildman–Crippen MR) is 73.4 cm³/mol. The van der Waals surface area contributed by atoms with Crippen LogP contribution in [0.2, 0.25) is 0 Å². The van der Waals surface area contributed by atoms with Crippen LogP contribution < -0.4 is 5.32 Å². The topological polar surface area (TPSA) is 75.6 Å². The normalized spacial score (nSPS) is 9.80. The van der Waals surface area contributed by atoms with Gasteiger partial charge < -0.3 is 15.2 Å². The average Bonchev–Trinajstić information content (AvgIpc) is 2.46. The molecule has 0 atom stereocenters. The zero-order valence-corrected chi connectivity index (χ0v) is 10.6. The molecule has 0 radical (unpaired) electrons. The third kappa shape index (κ3) is 3.35. The predicted octanol–water partition coefficient (Wildman–Crippen LogP) is 2.32. The van der Waals surface area contributed by atoms with Gasteiger partial charge in [-0.15, -0.1) is 0 Å². The minimum absolute atomic E-state index is 0.0531. The van der Waals surface area contributed by atoms with Crippen molar-refractivity contribution in [1.29, 1.82) is 0 Å². The van der Waals surface area contributed by atoms with Crippen molar-refractivity contribution >= 4 is 18.1 Å². The number of phenols is 1. The molecule has 0 bridgehead atoms. The number of rotatable bonds is 5. The van der Waals surface area contributed by atoms with Gasteiger partial charge in [-0.25, -0.2) is 4.79 Å². The molecule has 0 heterocycles. The standard InChI is InChI=1S/C15H13NO4/c17-10-16-12-6-7-13(14(18)8-12)15(19)20-9-11-4-2-1-3-5-11/h1-8,10,18H,9H2,(H,16,17). The van der Waals surface area contributed by atoms with E-state index in [1.807, 2.05) is 30.3 Å². The number of hydrogen-bond donors (Lipinski definition) is 2. The van der Waals surface area contributed by atoms with Crippen molar-refractivity contribution in [2.24, 2.45) is 0 Å². The molecule has 1 amide bonds. The molecule has 0 saturated carbocycles. The van der Waals surface area contributed by atoms with Gasteiger partial charge in [-0.2, -0.15) is 0 Å². The van der Waals surface area contributed by atoms with Crippen molar-refractivity contribution in [3.8, 4) is 5.75 Å². The first kappa shape index (κ1) is 13.6. The monoisotopic (exact) mass is 271 g/mol. The van der Waals surface area contributed by atoms with E-state index in [-0.39, 0.29) is 17.9 Å². The highest BCUT2D eigenvalue weighted by atomic mass is 16.5. The zero-order valence-electron chi connectivity index (χ0n) is 10.6. The Morgan fingerprint density at radius 2 is 1.95 bits per heavy atom. The Labute approximate surface area is 115 Å². The van der Waals surface area contributed by atoms with E-state index < -0.39 is 5.97 Å². The summed E-state index contributed by atoms with van der Waals surface area (Å²) in [6.45, 7) is 0.132. The lowest BCUT2D eigenvalue weighted by atomic mass is 10.2. The zero-order chi connectivity index (χ0) is 14.4. The molecule has 20 heavy (non-hydrogen) atoms. The van der Waals surface area contributed by atoms with E-state index in [1.54, 1.807) is 0 Å². The SMILES string of the molecule is O=CNc1ccc(C(=O)OCc2ccccc2)c(O)c1. The summed E-state index contributed by atoms with van der Waals surface area (Å²) in [5.74, 6) is -0.862. The summed E-state index contributed by atoms with van der Waals surface area (Å²) in [4.78, 5) is 22.1. The summed E-state index contributed by atoms with van der Waals surface area (Å²) in [6, 6.07) is 13.4. The Kier molecular flexibility index (Phi) is 4.34. The van der Waals surface area contributed by atoms with Gasteiger partial charge in [0.05, 0.1) is 0 Å². The van der Waals surface area contributed by atoms with Crippen LogP contribution in [0.5, 0.6) is 5.75 Å². The Hall–Kier alpha value is -2.82. The molecule has 102 valence electrons. The van der Waals surface area contributed by atoms with Crippen LogP contribution in [0.15, 0.2) is 48.5 Å². The molecule has 0 aromatic heterocycles. The second kappa shape index (κ2) is 6.38. The number of aromatic hydroxyl groups is 1. The molecule has 0 saturated heterocycles. The second-order valence-corrected chi connectivity index (χ2v) is 4.06. The lowest BCUT2D eigenvalue weighted by molar-refractivity contribution is -0.105. The quantitative estimate of drug-likeness (QED) is 0.646. The van der Waals surface area contributed by atoms with Gasteiger partial charge in [-0.05, 0) is 17.7 Å². The van der Waals surface area contributed by atoms with E-state index in [0.29, 0.717) is 12.1 Å². The van der Waals surface area contributed by atoms with Gasteiger partial charge in [0.2, 0.25) is 6.41 Å². The summed E-state index contributed by atoms with van der Waals surface area (Å²) in [5, 5.41) is 12.1. The van der Waals surface area contributed by atoms with Crippen molar-refractivity contribution < 1.29 is 19.4 Å². The highest BCUT2D eigenvalue weighted by molar-refractivity contribution is 5.93. The number of esters is 1. The lowest BCUT2D eigenvalue weighted by Gasteiger charge is -2.07. The number of carbonyl (C=O) groups excluding carboxylic acids is 2. The molecule has 0 spiro atoms. The first-order valence-electron chi connectivity index (χ1n) is 5.95. The highest BCUT2D eigenvalue weighted by Gasteiger charge is 2.13. The van der Waals surface area contributed by atoms with Crippen LogP contribution in [0.25, 0.3) is 0 Å². The average molecular weight is 271 g/mol. The fourth-order valence-corrected chi connectivity index (χ4v) is 1.66. The molecule has 2 rings (SSSR count). The van der Waals surface area contributed by atoms with Gasteiger partial charge in [0.1, 0.15) is 17.9 Å². The molecular formula is C15H13NO4. The number of phenolic OH excluding ortho intramolecular Hbond substituents is 1. The molecule has 0 unspecified atom stereocenters. The summed E-state index contributed by atoms with van der Waals surface area (Å²) in [5.41, 5.74) is 1.31. The molecular weight excluding hydrogens is 258 g/mol. The van der Waals surface area contributed by atoms with E-state index in [2.05, 4.69) is 5.32 Å². The van der Waals surface area contributed by atoms with Crippen molar-refractivity contribution in [2.45, 2.75) is 6.61 Å². The van der Waals surface area contributed by atoms with E-state index in [4.69, 9.17) is 4.74 Å². The second-order valence-electron chi connectivity index (χ2n) is 4.06. The third-order valence-corrected chi connectivity index (χ3v) is 2.66. The molecule has 0 aliphatic rings. The maximum atomic E-state index is 11.8. The van der Waals surface area contributed by atoms with Gasteiger partial charge in [-0.1, -0.05) is 30.3 Å². The van der Waals surface area contributed by atoms with E-state index >= 15 is 0 Å². The fourth-order valence-electron chi connectivity index (χ4n) is 1.66. The Balaban J connectivity index is 2.04. The van der Waals surface area contributed by atoms with Crippen LogP contribution in [0, 0.1) is 0 Å². The van der Waals surface area contributed by atoms with Crippen LogP contribution in [-0.2, 0) is 16.1 Å². The minimum atomic E-state index is -0.621. The molecule has 2 aromatic carbocycles. The molecule has 5 heteroatoms.